The van der Waals surface area contributed by atoms with E-state index in [0.29, 0.717) is 25.2 Å². The Morgan fingerprint density at radius 2 is 2.35 bits per heavy atom. The Balaban J connectivity index is 2.61. The van der Waals surface area contributed by atoms with E-state index in [4.69, 9.17) is 16.7 Å². The third-order valence-electron chi connectivity index (χ3n) is 2.40. The van der Waals surface area contributed by atoms with Crippen molar-refractivity contribution in [1.29, 1.82) is 0 Å². The standard InChI is InChI=1S/C11H18ClN3O2/c1-3-15-11(17)10(12)9(7-14-15)13-6-4-5-8(2)16/h7-8,13,16H,3-6H2,1-2H3. The normalized spacial score (nSPS) is 12.5. The molecule has 6 heteroatoms. The van der Waals surface area contributed by atoms with Crippen molar-refractivity contribution >= 4 is 17.3 Å². The average molecular weight is 260 g/mol. The van der Waals surface area contributed by atoms with Gasteiger partial charge in [-0.05, 0) is 26.7 Å². The number of aliphatic hydroxyl groups excluding tert-OH is 1. The van der Waals surface area contributed by atoms with Crippen molar-refractivity contribution in [3.63, 3.8) is 0 Å². The molecule has 0 aliphatic rings. The topological polar surface area (TPSA) is 67.2 Å². The number of nitrogens with zero attached hydrogens (tertiary/aromatic N) is 2. The first kappa shape index (κ1) is 14.0. The molecule has 1 aromatic heterocycles. The number of nitrogens with one attached hydrogen (secondary N) is 1. The van der Waals surface area contributed by atoms with E-state index in [2.05, 4.69) is 10.4 Å². The van der Waals surface area contributed by atoms with Crippen molar-refractivity contribution in [3.05, 3.63) is 21.6 Å². The van der Waals surface area contributed by atoms with Gasteiger partial charge in [0.1, 0.15) is 5.02 Å². The van der Waals surface area contributed by atoms with Crippen molar-refractivity contribution < 1.29 is 5.11 Å². The van der Waals surface area contributed by atoms with Gasteiger partial charge in [-0.15, -0.1) is 0 Å². The molecule has 0 aromatic carbocycles. The SMILES string of the molecule is CCn1ncc(NCCCC(C)O)c(Cl)c1=O. The molecule has 1 heterocycles. The predicted molar refractivity (Wildman–Crippen MR) is 68.6 cm³/mol. The second-order valence-corrected chi connectivity index (χ2v) is 4.29. The van der Waals surface area contributed by atoms with Crippen LogP contribution in [0.25, 0.3) is 0 Å². The monoisotopic (exact) mass is 259 g/mol. The molecule has 0 aliphatic heterocycles. The van der Waals surface area contributed by atoms with Crippen molar-refractivity contribution in [1.82, 2.24) is 9.78 Å². The summed E-state index contributed by atoms with van der Waals surface area (Å²) < 4.78 is 1.31. The summed E-state index contributed by atoms with van der Waals surface area (Å²) in [5.74, 6) is 0. The number of anilines is 1. The van der Waals surface area contributed by atoms with Gasteiger partial charge in [-0.1, -0.05) is 11.6 Å². The highest BCUT2D eigenvalue weighted by Gasteiger charge is 2.07. The van der Waals surface area contributed by atoms with E-state index in [0.717, 1.165) is 6.42 Å². The molecule has 0 saturated heterocycles. The van der Waals surface area contributed by atoms with Crippen molar-refractivity contribution in [3.8, 4) is 0 Å². The fraction of sp³-hybridized carbons (Fsp3) is 0.636. The molecule has 0 spiro atoms. The minimum atomic E-state index is -0.307. The van der Waals surface area contributed by atoms with Gasteiger partial charge in [0.05, 0.1) is 18.0 Å². The zero-order valence-electron chi connectivity index (χ0n) is 10.1. The number of hydrogen-bond donors (Lipinski definition) is 2. The highest BCUT2D eigenvalue weighted by molar-refractivity contribution is 6.32. The number of rotatable bonds is 6. The van der Waals surface area contributed by atoms with Crippen LogP contribution in [0.4, 0.5) is 5.69 Å². The number of hydrogen-bond acceptors (Lipinski definition) is 4. The highest BCUT2D eigenvalue weighted by atomic mass is 35.5. The molecular formula is C11H18ClN3O2. The van der Waals surface area contributed by atoms with Crippen LogP contribution in [0.15, 0.2) is 11.0 Å². The van der Waals surface area contributed by atoms with Crippen LogP contribution in [-0.2, 0) is 6.54 Å². The number of halogens is 1. The van der Waals surface area contributed by atoms with Crippen LogP contribution in [-0.4, -0.2) is 27.5 Å². The molecule has 1 atom stereocenters. The summed E-state index contributed by atoms with van der Waals surface area (Å²) >= 11 is 5.93. The van der Waals surface area contributed by atoms with Gasteiger partial charge in [0.15, 0.2) is 0 Å². The van der Waals surface area contributed by atoms with Crippen molar-refractivity contribution in [2.24, 2.45) is 0 Å². The first-order valence-corrected chi connectivity index (χ1v) is 6.11. The lowest BCUT2D eigenvalue weighted by Crippen LogP contribution is -2.23. The van der Waals surface area contributed by atoms with Crippen LogP contribution in [0, 0.1) is 0 Å². The van der Waals surface area contributed by atoms with Crippen LogP contribution >= 0.6 is 11.6 Å². The van der Waals surface area contributed by atoms with E-state index in [1.165, 1.54) is 4.68 Å². The fourth-order valence-electron chi connectivity index (χ4n) is 1.43. The summed E-state index contributed by atoms with van der Waals surface area (Å²) in [5.41, 5.74) is 0.265. The first-order valence-electron chi connectivity index (χ1n) is 5.73. The average Bonchev–Trinajstić information content (AvgIpc) is 2.29. The maximum Gasteiger partial charge on any atom is 0.287 e. The van der Waals surface area contributed by atoms with Crippen LogP contribution in [0.3, 0.4) is 0 Å². The molecule has 96 valence electrons. The third kappa shape index (κ3) is 4.02. The van der Waals surface area contributed by atoms with E-state index in [9.17, 15) is 4.79 Å². The number of aromatic nitrogens is 2. The Morgan fingerprint density at radius 3 is 2.94 bits per heavy atom. The van der Waals surface area contributed by atoms with Gasteiger partial charge in [-0.2, -0.15) is 5.10 Å². The number of aliphatic hydroxyl groups is 1. The molecule has 0 bridgehead atoms. The molecule has 2 N–H and O–H groups in total. The van der Waals surface area contributed by atoms with Gasteiger partial charge in [0.2, 0.25) is 0 Å². The minimum absolute atomic E-state index is 0.166. The Labute approximate surface area is 105 Å². The Kier molecular flexibility index (Phi) is 5.44. The van der Waals surface area contributed by atoms with Crippen LogP contribution in [0.1, 0.15) is 26.7 Å². The zero-order chi connectivity index (χ0) is 12.8. The van der Waals surface area contributed by atoms with Gasteiger partial charge in [-0.25, -0.2) is 4.68 Å². The summed E-state index contributed by atoms with van der Waals surface area (Å²) in [4.78, 5) is 11.7. The third-order valence-corrected chi connectivity index (χ3v) is 2.76. The van der Waals surface area contributed by atoms with E-state index in [1.807, 2.05) is 6.92 Å². The number of aryl methyl sites for hydroxylation is 1. The van der Waals surface area contributed by atoms with E-state index in [1.54, 1.807) is 13.1 Å². The first-order chi connectivity index (χ1) is 8.06. The molecule has 0 amide bonds. The zero-order valence-corrected chi connectivity index (χ0v) is 10.9. The molecule has 1 rings (SSSR count). The molecule has 5 nitrogen and oxygen atoms in total. The Bertz CT molecular complexity index is 418. The lowest BCUT2D eigenvalue weighted by Gasteiger charge is -2.09. The second-order valence-electron chi connectivity index (χ2n) is 3.91. The van der Waals surface area contributed by atoms with Crippen LogP contribution in [0.5, 0.6) is 0 Å². The van der Waals surface area contributed by atoms with Gasteiger partial charge in [0, 0.05) is 13.1 Å². The van der Waals surface area contributed by atoms with Crippen LogP contribution < -0.4 is 10.9 Å². The summed E-state index contributed by atoms with van der Waals surface area (Å²) in [6.45, 7) is 4.74. The molecular weight excluding hydrogens is 242 g/mol. The van der Waals surface area contributed by atoms with Gasteiger partial charge in [-0.3, -0.25) is 4.79 Å². The second kappa shape index (κ2) is 6.61. The summed E-state index contributed by atoms with van der Waals surface area (Å²) in [6, 6.07) is 0. The summed E-state index contributed by atoms with van der Waals surface area (Å²) in [7, 11) is 0. The minimum Gasteiger partial charge on any atom is -0.393 e. The van der Waals surface area contributed by atoms with Crippen LogP contribution in [0.2, 0.25) is 5.02 Å². The Hall–Kier alpha value is -1.07. The largest absolute Gasteiger partial charge is 0.393 e. The van der Waals surface area contributed by atoms with Crippen molar-refractivity contribution in [2.45, 2.75) is 39.3 Å². The smallest absolute Gasteiger partial charge is 0.287 e. The molecule has 0 radical (unpaired) electrons. The molecule has 0 fully saturated rings. The molecule has 1 aromatic rings. The molecule has 17 heavy (non-hydrogen) atoms. The Morgan fingerprint density at radius 1 is 1.65 bits per heavy atom. The quantitative estimate of drug-likeness (QED) is 0.760. The lowest BCUT2D eigenvalue weighted by atomic mass is 10.2. The predicted octanol–water partition coefficient (Wildman–Crippen LogP) is 1.49. The highest BCUT2D eigenvalue weighted by Crippen LogP contribution is 2.15. The summed E-state index contributed by atoms with van der Waals surface area (Å²) in [5, 5.41) is 16.3. The van der Waals surface area contributed by atoms with E-state index < -0.39 is 0 Å². The molecule has 0 aliphatic carbocycles. The maximum absolute atomic E-state index is 11.7. The van der Waals surface area contributed by atoms with Crippen molar-refractivity contribution in [2.75, 3.05) is 11.9 Å². The van der Waals surface area contributed by atoms with Gasteiger partial charge in [0.25, 0.3) is 5.56 Å². The maximum atomic E-state index is 11.7. The van der Waals surface area contributed by atoms with Gasteiger partial charge >= 0.3 is 0 Å². The van der Waals surface area contributed by atoms with E-state index in [-0.39, 0.29) is 16.7 Å². The molecule has 1 unspecified atom stereocenters. The fourth-order valence-corrected chi connectivity index (χ4v) is 1.65. The lowest BCUT2D eigenvalue weighted by molar-refractivity contribution is 0.183. The molecule has 0 saturated carbocycles. The van der Waals surface area contributed by atoms with Gasteiger partial charge < -0.3 is 10.4 Å². The van der Waals surface area contributed by atoms with E-state index >= 15 is 0 Å². The summed E-state index contributed by atoms with van der Waals surface area (Å²) in [6.07, 6.45) is 2.77.